The molecule has 1 heterocycles. The van der Waals surface area contributed by atoms with Gasteiger partial charge in [0.25, 0.3) is 5.56 Å². The molecule has 2 aromatic rings. The predicted octanol–water partition coefficient (Wildman–Crippen LogP) is 2.18. The molecule has 0 radical (unpaired) electrons. The van der Waals surface area contributed by atoms with Crippen LogP contribution in [0.25, 0.3) is 11.4 Å². The third-order valence-electron chi connectivity index (χ3n) is 1.85. The molecule has 0 saturated carbocycles. The second-order valence-corrected chi connectivity index (χ2v) is 4.08. The van der Waals surface area contributed by atoms with Crippen molar-refractivity contribution in [3.05, 3.63) is 50.2 Å². The molecule has 0 bridgehead atoms. The molecule has 0 aliphatic heterocycles. The monoisotopic (exact) mass is 316 g/mol. The SMILES string of the molecule is O=c1[nH]c(-c2cccc(F)c2)ncc1I. The summed E-state index contributed by atoms with van der Waals surface area (Å²) in [7, 11) is 0. The van der Waals surface area contributed by atoms with Crippen LogP contribution in [0.15, 0.2) is 35.3 Å². The summed E-state index contributed by atoms with van der Waals surface area (Å²) in [6, 6.07) is 5.93. The lowest BCUT2D eigenvalue weighted by Crippen LogP contribution is -2.11. The van der Waals surface area contributed by atoms with Crippen molar-refractivity contribution in [1.29, 1.82) is 0 Å². The third-order valence-corrected chi connectivity index (χ3v) is 2.62. The molecule has 0 amide bonds. The van der Waals surface area contributed by atoms with Gasteiger partial charge in [-0.25, -0.2) is 9.37 Å². The van der Waals surface area contributed by atoms with Crippen molar-refractivity contribution < 1.29 is 4.39 Å². The molecule has 3 nitrogen and oxygen atoms in total. The molecule has 1 aromatic heterocycles. The molecule has 0 fully saturated rings. The van der Waals surface area contributed by atoms with Crippen molar-refractivity contribution in [2.24, 2.45) is 0 Å². The highest BCUT2D eigenvalue weighted by Gasteiger charge is 2.03. The van der Waals surface area contributed by atoms with Crippen molar-refractivity contribution in [1.82, 2.24) is 9.97 Å². The number of benzene rings is 1. The molecule has 1 N–H and O–H groups in total. The van der Waals surface area contributed by atoms with Crippen LogP contribution < -0.4 is 5.56 Å². The largest absolute Gasteiger partial charge is 0.306 e. The van der Waals surface area contributed by atoms with Crippen LogP contribution in [0, 0.1) is 9.39 Å². The Bertz CT molecular complexity index is 553. The Kier molecular flexibility index (Phi) is 2.81. The molecule has 1 aromatic carbocycles. The number of aromatic nitrogens is 2. The summed E-state index contributed by atoms with van der Waals surface area (Å²) in [4.78, 5) is 17.9. The topological polar surface area (TPSA) is 45.8 Å². The molecule has 0 saturated heterocycles. The average molecular weight is 316 g/mol. The van der Waals surface area contributed by atoms with Crippen molar-refractivity contribution in [3.63, 3.8) is 0 Å². The summed E-state index contributed by atoms with van der Waals surface area (Å²) in [5, 5.41) is 0. The van der Waals surface area contributed by atoms with Gasteiger partial charge >= 0.3 is 0 Å². The molecule has 0 atom stereocenters. The molecular weight excluding hydrogens is 310 g/mol. The van der Waals surface area contributed by atoms with Crippen molar-refractivity contribution in [2.75, 3.05) is 0 Å². The van der Waals surface area contributed by atoms with E-state index in [1.54, 1.807) is 12.1 Å². The molecule has 0 aliphatic rings. The van der Waals surface area contributed by atoms with Gasteiger partial charge in [0.1, 0.15) is 11.6 Å². The Hall–Kier alpha value is -1.24. The van der Waals surface area contributed by atoms with Gasteiger partial charge in [0.2, 0.25) is 0 Å². The average Bonchev–Trinajstić information content (AvgIpc) is 2.22. The van der Waals surface area contributed by atoms with Gasteiger partial charge in [0, 0.05) is 11.8 Å². The van der Waals surface area contributed by atoms with Crippen LogP contribution in [-0.4, -0.2) is 9.97 Å². The van der Waals surface area contributed by atoms with Crippen LogP contribution in [-0.2, 0) is 0 Å². The van der Waals surface area contributed by atoms with Crippen LogP contribution in [0.5, 0.6) is 0 Å². The fraction of sp³-hybridized carbons (Fsp3) is 0. The zero-order chi connectivity index (χ0) is 10.8. The lowest BCUT2D eigenvalue weighted by Gasteiger charge is -2.00. The molecule has 2 rings (SSSR count). The van der Waals surface area contributed by atoms with Gasteiger partial charge in [-0.1, -0.05) is 12.1 Å². The summed E-state index contributed by atoms with van der Waals surface area (Å²) in [5.41, 5.74) is 0.341. The number of nitrogens with one attached hydrogen (secondary N) is 1. The van der Waals surface area contributed by atoms with Crippen LogP contribution in [0.4, 0.5) is 4.39 Å². The smallest absolute Gasteiger partial charge is 0.264 e. The minimum Gasteiger partial charge on any atom is -0.306 e. The molecule has 0 unspecified atom stereocenters. The zero-order valence-corrected chi connectivity index (χ0v) is 9.66. The van der Waals surface area contributed by atoms with Crippen molar-refractivity contribution >= 4 is 22.6 Å². The van der Waals surface area contributed by atoms with E-state index in [4.69, 9.17) is 0 Å². The molecule has 15 heavy (non-hydrogen) atoms. The first-order valence-corrected chi connectivity index (χ1v) is 5.25. The van der Waals surface area contributed by atoms with E-state index in [1.165, 1.54) is 18.3 Å². The minimum atomic E-state index is -0.353. The van der Waals surface area contributed by atoms with Gasteiger partial charge in [-0.3, -0.25) is 4.79 Å². The first kappa shape index (κ1) is 10.3. The molecular formula is C10H6FIN2O. The van der Waals surface area contributed by atoms with Gasteiger partial charge in [-0.05, 0) is 34.7 Å². The van der Waals surface area contributed by atoms with Gasteiger partial charge in [-0.15, -0.1) is 0 Å². The van der Waals surface area contributed by atoms with E-state index < -0.39 is 0 Å². The van der Waals surface area contributed by atoms with Crippen LogP contribution in [0.3, 0.4) is 0 Å². The van der Waals surface area contributed by atoms with Gasteiger partial charge in [-0.2, -0.15) is 0 Å². The fourth-order valence-corrected chi connectivity index (χ4v) is 1.44. The second-order valence-electron chi connectivity index (χ2n) is 2.92. The van der Waals surface area contributed by atoms with E-state index in [9.17, 15) is 9.18 Å². The third kappa shape index (κ3) is 2.23. The summed E-state index contributed by atoms with van der Waals surface area (Å²) < 4.78 is 13.4. The van der Waals surface area contributed by atoms with Gasteiger partial charge in [0.05, 0.1) is 3.57 Å². The van der Waals surface area contributed by atoms with E-state index >= 15 is 0 Å². The Balaban J connectivity index is 2.55. The number of hydrogen-bond acceptors (Lipinski definition) is 2. The molecule has 76 valence electrons. The van der Waals surface area contributed by atoms with Crippen molar-refractivity contribution in [2.45, 2.75) is 0 Å². The van der Waals surface area contributed by atoms with Crippen molar-refractivity contribution in [3.8, 4) is 11.4 Å². The Labute approximate surface area is 98.5 Å². The molecule has 5 heteroatoms. The maximum absolute atomic E-state index is 12.9. The second kappa shape index (κ2) is 4.09. The Morgan fingerprint density at radius 2 is 2.20 bits per heavy atom. The van der Waals surface area contributed by atoms with Gasteiger partial charge in [0.15, 0.2) is 0 Å². The zero-order valence-electron chi connectivity index (χ0n) is 7.50. The van der Waals surface area contributed by atoms with E-state index in [2.05, 4.69) is 9.97 Å². The molecule has 0 spiro atoms. The lowest BCUT2D eigenvalue weighted by atomic mass is 10.2. The number of aromatic amines is 1. The van der Waals surface area contributed by atoms with Crippen LogP contribution in [0.1, 0.15) is 0 Å². The first-order chi connectivity index (χ1) is 7.16. The highest BCUT2D eigenvalue weighted by Crippen LogP contribution is 2.14. The van der Waals surface area contributed by atoms with E-state index in [-0.39, 0.29) is 11.4 Å². The summed E-state index contributed by atoms with van der Waals surface area (Å²) in [5.74, 6) is 0.0219. The normalized spacial score (nSPS) is 10.3. The summed E-state index contributed by atoms with van der Waals surface area (Å²) in [6.07, 6.45) is 1.46. The van der Waals surface area contributed by atoms with E-state index in [0.29, 0.717) is 15.0 Å². The number of H-pyrrole nitrogens is 1. The standard InChI is InChI=1S/C10H6FIN2O/c11-7-3-1-2-6(4-7)9-13-5-8(12)10(15)14-9/h1-5H,(H,13,14,15). The van der Waals surface area contributed by atoms with Crippen LogP contribution in [0.2, 0.25) is 0 Å². The van der Waals surface area contributed by atoms with E-state index in [1.807, 2.05) is 22.6 Å². The number of halogens is 2. The predicted molar refractivity (Wildman–Crippen MR) is 63.0 cm³/mol. The lowest BCUT2D eigenvalue weighted by molar-refractivity contribution is 0.628. The highest BCUT2D eigenvalue weighted by molar-refractivity contribution is 14.1. The Morgan fingerprint density at radius 1 is 1.40 bits per heavy atom. The minimum absolute atomic E-state index is 0.218. The maximum Gasteiger partial charge on any atom is 0.264 e. The fourth-order valence-electron chi connectivity index (χ4n) is 1.16. The number of rotatable bonds is 1. The molecule has 0 aliphatic carbocycles. The maximum atomic E-state index is 12.9. The van der Waals surface area contributed by atoms with E-state index in [0.717, 1.165) is 0 Å². The quantitative estimate of drug-likeness (QED) is 0.820. The summed E-state index contributed by atoms with van der Waals surface area (Å²) >= 11 is 1.89. The number of hydrogen-bond donors (Lipinski definition) is 1. The Morgan fingerprint density at radius 3 is 2.87 bits per heavy atom. The first-order valence-electron chi connectivity index (χ1n) is 4.17. The number of nitrogens with zero attached hydrogens (tertiary/aromatic N) is 1. The van der Waals surface area contributed by atoms with Crippen LogP contribution >= 0.6 is 22.6 Å². The van der Waals surface area contributed by atoms with Gasteiger partial charge < -0.3 is 4.98 Å². The highest BCUT2D eigenvalue weighted by atomic mass is 127. The summed E-state index contributed by atoms with van der Waals surface area (Å²) in [6.45, 7) is 0.